The molecule has 22 heavy (non-hydrogen) atoms. The van der Waals surface area contributed by atoms with Gasteiger partial charge in [-0.1, -0.05) is 11.6 Å². The second-order valence-electron chi connectivity index (χ2n) is 5.25. The van der Waals surface area contributed by atoms with E-state index in [-0.39, 0.29) is 33.2 Å². The van der Waals surface area contributed by atoms with Crippen LogP contribution in [0.2, 0.25) is 5.02 Å². The summed E-state index contributed by atoms with van der Waals surface area (Å²) in [6.07, 6.45) is 1.61. The lowest BCUT2D eigenvalue weighted by atomic mass is 10.0. The normalized spacial score (nSPS) is 14.1. The Kier molecular flexibility index (Phi) is 3.18. The Morgan fingerprint density at radius 3 is 2.68 bits per heavy atom. The van der Waals surface area contributed by atoms with E-state index >= 15 is 0 Å². The number of rotatable bonds is 2. The van der Waals surface area contributed by atoms with Crippen molar-refractivity contribution in [1.82, 2.24) is 4.57 Å². The average Bonchev–Trinajstić information content (AvgIpc) is 3.26. The van der Waals surface area contributed by atoms with E-state index in [1.165, 1.54) is 6.92 Å². The molecule has 1 fully saturated rings. The van der Waals surface area contributed by atoms with Gasteiger partial charge in [-0.15, -0.1) is 0 Å². The molecule has 1 aliphatic rings. The van der Waals surface area contributed by atoms with Crippen molar-refractivity contribution < 1.29 is 14.3 Å². The molecule has 3 rings (SSSR count). The lowest BCUT2D eigenvalue weighted by Gasteiger charge is -2.18. The number of nitrogens with zero attached hydrogens (tertiary/aromatic N) is 2. The number of nitriles is 1. The van der Waals surface area contributed by atoms with Gasteiger partial charge in [-0.2, -0.15) is 5.26 Å². The molecule has 1 N–H and O–H groups in total. The number of benzene rings is 1. The van der Waals surface area contributed by atoms with Crippen molar-refractivity contribution in [2.45, 2.75) is 25.8 Å². The summed E-state index contributed by atoms with van der Waals surface area (Å²) in [5.74, 6) is -2.28. The number of aromatic nitrogens is 1. The zero-order valence-electron chi connectivity index (χ0n) is 11.5. The second-order valence-corrected chi connectivity index (χ2v) is 5.63. The predicted molar refractivity (Wildman–Crippen MR) is 77.9 cm³/mol. The monoisotopic (exact) mass is 320 g/mol. The Bertz CT molecular complexity index is 939. The van der Waals surface area contributed by atoms with Gasteiger partial charge >= 0.3 is 5.97 Å². The number of carboxylic acid groups (broad SMARTS) is 1. The third kappa shape index (κ3) is 1.90. The predicted octanol–water partition coefficient (Wildman–Crippen LogP) is 3.01. The molecular weight excluding hydrogens is 311 g/mol. The van der Waals surface area contributed by atoms with Crippen LogP contribution in [0.1, 0.15) is 40.5 Å². The molecule has 0 amide bonds. The van der Waals surface area contributed by atoms with Crippen LogP contribution in [0.15, 0.2) is 10.9 Å². The van der Waals surface area contributed by atoms with E-state index in [2.05, 4.69) is 0 Å². The van der Waals surface area contributed by atoms with Crippen molar-refractivity contribution in [3.63, 3.8) is 0 Å². The van der Waals surface area contributed by atoms with Crippen LogP contribution in [0.3, 0.4) is 0 Å². The smallest absolute Gasteiger partial charge is 0.341 e. The van der Waals surface area contributed by atoms with Crippen molar-refractivity contribution in [3.8, 4) is 6.07 Å². The number of pyridine rings is 1. The minimum absolute atomic E-state index is 0.00479. The van der Waals surface area contributed by atoms with Gasteiger partial charge in [0, 0.05) is 11.7 Å². The van der Waals surface area contributed by atoms with Gasteiger partial charge in [0.25, 0.3) is 0 Å². The minimum atomic E-state index is -1.37. The fourth-order valence-corrected chi connectivity index (χ4v) is 2.96. The fourth-order valence-electron chi connectivity index (χ4n) is 2.77. The maximum absolute atomic E-state index is 13.9. The Morgan fingerprint density at radius 1 is 1.55 bits per heavy atom. The molecule has 0 aliphatic heterocycles. The Balaban J connectivity index is 2.64. The van der Waals surface area contributed by atoms with Crippen LogP contribution in [0.4, 0.5) is 4.39 Å². The lowest BCUT2D eigenvalue weighted by Crippen LogP contribution is -2.23. The number of fused-ring (bicyclic) bond motifs is 1. The van der Waals surface area contributed by atoms with Crippen LogP contribution in [-0.4, -0.2) is 15.6 Å². The van der Waals surface area contributed by atoms with Gasteiger partial charge in [0.15, 0.2) is 0 Å². The first-order chi connectivity index (χ1) is 10.4. The summed E-state index contributed by atoms with van der Waals surface area (Å²) in [7, 11) is 0. The molecule has 0 radical (unpaired) electrons. The highest BCUT2D eigenvalue weighted by Gasteiger charge is 2.31. The molecule has 112 valence electrons. The minimum Gasteiger partial charge on any atom is -0.477 e. The van der Waals surface area contributed by atoms with Crippen molar-refractivity contribution >= 4 is 28.5 Å². The molecule has 0 saturated heterocycles. The largest absolute Gasteiger partial charge is 0.477 e. The molecular formula is C15H10ClFN2O3. The van der Waals surface area contributed by atoms with E-state index in [4.69, 9.17) is 11.6 Å². The van der Waals surface area contributed by atoms with Gasteiger partial charge in [-0.25, -0.2) is 9.18 Å². The van der Waals surface area contributed by atoms with E-state index in [9.17, 15) is 24.3 Å². The molecule has 2 aromatic rings. The van der Waals surface area contributed by atoms with Crippen LogP contribution in [-0.2, 0) is 0 Å². The molecule has 0 unspecified atom stereocenters. The van der Waals surface area contributed by atoms with Crippen LogP contribution in [0, 0.1) is 24.1 Å². The lowest BCUT2D eigenvalue weighted by molar-refractivity contribution is 0.0694. The molecule has 0 spiro atoms. The SMILES string of the molecule is Cc1c(C(=O)O)c(=O)c2cc(F)c(Cl)c(C#N)c2n1C1CC1. The summed E-state index contributed by atoms with van der Waals surface area (Å²) in [6, 6.07) is 2.73. The summed E-state index contributed by atoms with van der Waals surface area (Å²) in [6.45, 7) is 1.51. The zero-order chi connectivity index (χ0) is 16.2. The summed E-state index contributed by atoms with van der Waals surface area (Å²) < 4.78 is 15.5. The van der Waals surface area contributed by atoms with Gasteiger partial charge in [0.2, 0.25) is 5.43 Å². The number of carboxylic acids is 1. The fraction of sp³-hybridized carbons (Fsp3) is 0.267. The molecule has 5 nitrogen and oxygen atoms in total. The Labute approximate surface area is 129 Å². The number of carbonyl (C=O) groups is 1. The highest BCUT2D eigenvalue weighted by Crippen LogP contribution is 2.40. The number of hydrogen-bond donors (Lipinski definition) is 1. The van der Waals surface area contributed by atoms with Gasteiger partial charge in [-0.05, 0) is 25.8 Å². The average molecular weight is 321 g/mol. The summed E-state index contributed by atoms with van der Waals surface area (Å²) in [5, 5.41) is 18.1. The van der Waals surface area contributed by atoms with Gasteiger partial charge in [0.1, 0.15) is 17.4 Å². The molecule has 1 aromatic carbocycles. The first-order valence-corrected chi connectivity index (χ1v) is 6.96. The summed E-state index contributed by atoms with van der Waals surface area (Å²) in [5.41, 5.74) is -0.870. The third-order valence-electron chi connectivity index (χ3n) is 3.87. The Morgan fingerprint density at radius 2 is 2.18 bits per heavy atom. The van der Waals surface area contributed by atoms with E-state index in [0.717, 1.165) is 18.9 Å². The highest BCUT2D eigenvalue weighted by molar-refractivity contribution is 6.33. The maximum atomic E-state index is 13.9. The molecule has 1 aliphatic carbocycles. The zero-order valence-corrected chi connectivity index (χ0v) is 12.2. The van der Waals surface area contributed by atoms with Crippen LogP contribution in [0.5, 0.6) is 0 Å². The number of halogens is 2. The standard InChI is InChI=1S/C15H10ClFN2O3/c1-6-11(15(21)22)14(20)8-4-10(17)12(16)9(5-18)13(8)19(6)7-2-3-7/h4,7H,2-3H2,1H3,(H,21,22). The van der Waals surface area contributed by atoms with E-state index in [1.807, 2.05) is 6.07 Å². The number of aromatic carboxylic acids is 1. The van der Waals surface area contributed by atoms with Crippen LogP contribution >= 0.6 is 11.6 Å². The number of hydrogen-bond acceptors (Lipinski definition) is 3. The van der Waals surface area contributed by atoms with Crippen molar-refractivity contribution in [3.05, 3.63) is 44.0 Å². The second kappa shape index (κ2) is 4.82. The van der Waals surface area contributed by atoms with Crippen LogP contribution in [0.25, 0.3) is 10.9 Å². The molecule has 0 bridgehead atoms. The van der Waals surface area contributed by atoms with Crippen molar-refractivity contribution in [2.24, 2.45) is 0 Å². The molecule has 1 aromatic heterocycles. The third-order valence-corrected chi connectivity index (χ3v) is 4.24. The van der Waals surface area contributed by atoms with Gasteiger partial charge in [-0.3, -0.25) is 4.79 Å². The summed E-state index contributed by atoms with van der Waals surface area (Å²) in [4.78, 5) is 23.8. The van der Waals surface area contributed by atoms with Gasteiger partial charge in [0.05, 0.1) is 21.5 Å². The maximum Gasteiger partial charge on any atom is 0.341 e. The Hall–Kier alpha value is -2.39. The summed E-state index contributed by atoms with van der Waals surface area (Å²) >= 11 is 5.85. The first-order valence-electron chi connectivity index (χ1n) is 6.58. The molecule has 7 heteroatoms. The molecule has 0 atom stereocenters. The highest BCUT2D eigenvalue weighted by atomic mass is 35.5. The van der Waals surface area contributed by atoms with Gasteiger partial charge < -0.3 is 9.67 Å². The van der Waals surface area contributed by atoms with E-state index in [1.54, 1.807) is 4.57 Å². The first kappa shape index (κ1) is 14.5. The molecule has 1 heterocycles. The quantitative estimate of drug-likeness (QED) is 0.922. The van der Waals surface area contributed by atoms with Crippen molar-refractivity contribution in [1.29, 1.82) is 5.26 Å². The molecule has 1 saturated carbocycles. The topological polar surface area (TPSA) is 83.1 Å². The van der Waals surface area contributed by atoms with Crippen molar-refractivity contribution in [2.75, 3.05) is 0 Å². The van der Waals surface area contributed by atoms with E-state index in [0.29, 0.717) is 0 Å². The van der Waals surface area contributed by atoms with E-state index < -0.39 is 22.8 Å². The van der Waals surface area contributed by atoms with Crippen LogP contribution < -0.4 is 5.43 Å².